The van der Waals surface area contributed by atoms with Crippen LogP contribution in [0.2, 0.25) is 0 Å². The summed E-state index contributed by atoms with van der Waals surface area (Å²) in [5, 5.41) is 0. The van der Waals surface area contributed by atoms with Crippen molar-refractivity contribution in [1.82, 2.24) is 0 Å². The number of likely N-dealkylation sites (N-methyl/N-ethyl adjacent to an activating group) is 1. The summed E-state index contributed by atoms with van der Waals surface area (Å²) in [5.74, 6) is -1.64. The molecule has 1 spiro atoms. The van der Waals surface area contributed by atoms with E-state index in [2.05, 4.69) is 0 Å². The molecule has 0 unspecified atom stereocenters. The summed E-state index contributed by atoms with van der Waals surface area (Å²) in [6.07, 6.45) is 0. The number of allylic oxidation sites excluding steroid dienone is 1. The van der Waals surface area contributed by atoms with E-state index < -0.39 is 17.3 Å². The lowest BCUT2D eigenvalue weighted by Gasteiger charge is -2.36. The Hall–Kier alpha value is -3.09. The monoisotopic (exact) mass is 356 g/mol. The molecule has 26 heavy (non-hydrogen) atoms. The van der Waals surface area contributed by atoms with Crippen molar-refractivity contribution in [3.8, 4) is 0 Å². The standard InChI is InChI=1S/C19H20N2O5/c1-5-21-13-9-7-6-8-12(13)19(18(21)24)14(10(2)22)11(3)26-16(20)15(19)17(23)25-4/h6-9H,5,20H2,1-4H3/t19-/m0/s1. The predicted molar refractivity (Wildman–Crippen MR) is 93.8 cm³/mol. The fourth-order valence-corrected chi connectivity index (χ4v) is 3.96. The molecule has 136 valence electrons. The fraction of sp³-hybridized carbons (Fsp3) is 0.316. The summed E-state index contributed by atoms with van der Waals surface area (Å²) >= 11 is 0. The Kier molecular flexibility index (Phi) is 4.10. The van der Waals surface area contributed by atoms with E-state index in [1.165, 1.54) is 18.9 Å². The van der Waals surface area contributed by atoms with Gasteiger partial charge in [0, 0.05) is 17.8 Å². The lowest BCUT2D eigenvalue weighted by Crippen LogP contribution is -2.50. The number of amides is 1. The molecule has 2 aliphatic rings. The van der Waals surface area contributed by atoms with Gasteiger partial charge in [-0.3, -0.25) is 9.59 Å². The molecule has 2 heterocycles. The topological polar surface area (TPSA) is 98.9 Å². The zero-order chi connectivity index (χ0) is 19.2. The summed E-state index contributed by atoms with van der Waals surface area (Å²) in [7, 11) is 1.19. The Morgan fingerprint density at radius 2 is 1.92 bits per heavy atom. The Morgan fingerprint density at radius 3 is 2.50 bits per heavy atom. The second-order valence-electron chi connectivity index (χ2n) is 6.14. The van der Waals surface area contributed by atoms with Gasteiger partial charge in [0.15, 0.2) is 5.78 Å². The number of rotatable bonds is 3. The molecule has 0 saturated carbocycles. The highest BCUT2D eigenvalue weighted by molar-refractivity contribution is 6.22. The third kappa shape index (κ3) is 2.03. The van der Waals surface area contributed by atoms with Crippen LogP contribution in [0.1, 0.15) is 26.3 Å². The van der Waals surface area contributed by atoms with Crippen LogP contribution in [-0.4, -0.2) is 31.3 Å². The second kappa shape index (κ2) is 6.01. The molecule has 1 aromatic rings. The molecule has 1 aromatic carbocycles. The molecule has 0 aliphatic carbocycles. The number of methoxy groups -OCH3 is 1. The minimum atomic E-state index is -1.67. The van der Waals surface area contributed by atoms with Gasteiger partial charge in [-0.25, -0.2) is 4.79 Å². The van der Waals surface area contributed by atoms with E-state index in [1.807, 2.05) is 6.92 Å². The molecule has 2 aliphatic heterocycles. The van der Waals surface area contributed by atoms with Crippen LogP contribution in [0.25, 0.3) is 0 Å². The maximum Gasteiger partial charge on any atom is 0.340 e. The Bertz CT molecular complexity index is 899. The first-order valence-electron chi connectivity index (χ1n) is 8.22. The van der Waals surface area contributed by atoms with Crippen LogP contribution in [0, 0.1) is 0 Å². The van der Waals surface area contributed by atoms with Gasteiger partial charge < -0.3 is 20.1 Å². The number of hydrogen-bond donors (Lipinski definition) is 1. The number of carbonyl (C=O) groups is 3. The number of nitrogens with zero attached hydrogens (tertiary/aromatic N) is 1. The van der Waals surface area contributed by atoms with Crippen molar-refractivity contribution in [3.63, 3.8) is 0 Å². The summed E-state index contributed by atoms with van der Waals surface area (Å²) in [5.41, 5.74) is 5.42. The highest BCUT2D eigenvalue weighted by Gasteiger charge is 2.62. The molecule has 3 rings (SSSR count). The summed E-state index contributed by atoms with van der Waals surface area (Å²) in [6.45, 7) is 5.09. The van der Waals surface area contributed by atoms with Gasteiger partial charge in [0.25, 0.3) is 0 Å². The lowest BCUT2D eigenvalue weighted by molar-refractivity contribution is -0.139. The van der Waals surface area contributed by atoms with E-state index in [4.69, 9.17) is 15.2 Å². The average molecular weight is 356 g/mol. The lowest BCUT2D eigenvalue weighted by atomic mass is 9.66. The number of anilines is 1. The predicted octanol–water partition coefficient (Wildman–Crippen LogP) is 1.53. The van der Waals surface area contributed by atoms with Gasteiger partial charge in [0.2, 0.25) is 11.8 Å². The van der Waals surface area contributed by atoms with Crippen LogP contribution in [0.5, 0.6) is 0 Å². The first-order chi connectivity index (χ1) is 12.3. The van der Waals surface area contributed by atoms with Gasteiger partial charge in [-0.05, 0) is 26.8 Å². The third-order valence-electron chi connectivity index (χ3n) is 4.83. The number of carbonyl (C=O) groups excluding carboxylic acids is 3. The van der Waals surface area contributed by atoms with E-state index in [0.29, 0.717) is 17.8 Å². The van der Waals surface area contributed by atoms with Crippen LogP contribution >= 0.6 is 0 Å². The minimum Gasteiger partial charge on any atom is -0.465 e. The second-order valence-corrected chi connectivity index (χ2v) is 6.14. The number of Topliss-reactive ketones (excluding diaryl/α,β-unsaturated/α-hetero) is 1. The first kappa shape index (κ1) is 17.7. The average Bonchev–Trinajstić information content (AvgIpc) is 2.83. The summed E-state index contributed by atoms with van der Waals surface area (Å²) in [4.78, 5) is 40.3. The van der Waals surface area contributed by atoms with Gasteiger partial charge in [0.05, 0.1) is 12.7 Å². The van der Waals surface area contributed by atoms with Crippen molar-refractivity contribution < 1.29 is 23.9 Å². The quantitative estimate of drug-likeness (QED) is 0.825. The van der Waals surface area contributed by atoms with Crippen molar-refractivity contribution in [2.24, 2.45) is 5.73 Å². The number of benzene rings is 1. The van der Waals surface area contributed by atoms with Crippen LogP contribution in [0.15, 0.2) is 47.1 Å². The van der Waals surface area contributed by atoms with Crippen LogP contribution < -0.4 is 10.6 Å². The molecule has 0 bridgehead atoms. The van der Waals surface area contributed by atoms with Gasteiger partial charge in [-0.1, -0.05) is 18.2 Å². The molecule has 0 saturated heterocycles. The van der Waals surface area contributed by atoms with E-state index in [9.17, 15) is 14.4 Å². The molecule has 1 atom stereocenters. The van der Waals surface area contributed by atoms with E-state index in [-0.39, 0.29) is 28.6 Å². The number of fused-ring (bicyclic) bond motifs is 2. The Balaban J connectivity index is 2.49. The molecule has 0 aromatic heterocycles. The number of hydrogen-bond acceptors (Lipinski definition) is 6. The number of esters is 1. The molecule has 2 N–H and O–H groups in total. The first-order valence-corrected chi connectivity index (χ1v) is 8.22. The molecule has 1 amide bonds. The van der Waals surface area contributed by atoms with Gasteiger partial charge >= 0.3 is 5.97 Å². The number of ketones is 1. The van der Waals surface area contributed by atoms with E-state index in [0.717, 1.165) is 0 Å². The van der Waals surface area contributed by atoms with E-state index >= 15 is 0 Å². The van der Waals surface area contributed by atoms with Gasteiger partial charge in [-0.2, -0.15) is 0 Å². The van der Waals surface area contributed by atoms with Crippen LogP contribution in [0.3, 0.4) is 0 Å². The molecule has 7 heteroatoms. The zero-order valence-electron chi connectivity index (χ0n) is 15.1. The molecule has 0 fully saturated rings. The normalized spacial score (nSPS) is 21.8. The highest BCUT2D eigenvalue weighted by Crippen LogP contribution is 2.54. The van der Waals surface area contributed by atoms with Gasteiger partial charge in [-0.15, -0.1) is 0 Å². The largest absolute Gasteiger partial charge is 0.465 e. The van der Waals surface area contributed by atoms with Crippen LogP contribution in [0.4, 0.5) is 5.69 Å². The molecular formula is C19H20N2O5. The van der Waals surface area contributed by atoms with Gasteiger partial charge in [0.1, 0.15) is 16.7 Å². The van der Waals surface area contributed by atoms with Crippen LogP contribution in [-0.2, 0) is 29.3 Å². The molecule has 0 radical (unpaired) electrons. The summed E-state index contributed by atoms with van der Waals surface area (Å²) in [6, 6.07) is 7.04. The maximum atomic E-state index is 13.6. The van der Waals surface area contributed by atoms with Crippen molar-refractivity contribution in [2.75, 3.05) is 18.6 Å². The van der Waals surface area contributed by atoms with Crippen molar-refractivity contribution in [1.29, 1.82) is 0 Å². The molecular weight excluding hydrogens is 336 g/mol. The maximum absolute atomic E-state index is 13.6. The molecule has 7 nitrogen and oxygen atoms in total. The number of para-hydroxylation sites is 1. The number of ether oxygens (including phenoxy) is 2. The SMILES string of the molecule is CCN1C(=O)[C@]2(C(C(C)=O)=C(C)OC(N)=C2C(=O)OC)c2ccccc21. The zero-order valence-corrected chi connectivity index (χ0v) is 15.1. The number of nitrogens with two attached hydrogens (primary N) is 1. The van der Waals surface area contributed by atoms with Crippen molar-refractivity contribution in [2.45, 2.75) is 26.2 Å². The fourth-order valence-electron chi connectivity index (χ4n) is 3.96. The Labute approximate surface area is 151 Å². The Morgan fingerprint density at radius 1 is 1.27 bits per heavy atom. The smallest absolute Gasteiger partial charge is 0.340 e. The minimum absolute atomic E-state index is 0.0977. The van der Waals surface area contributed by atoms with E-state index in [1.54, 1.807) is 31.2 Å². The van der Waals surface area contributed by atoms with Crippen molar-refractivity contribution in [3.05, 3.63) is 52.6 Å². The summed E-state index contributed by atoms with van der Waals surface area (Å²) < 4.78 is 10.3. The third-order valence-corrected chi connectivity index (χ3v) is 4.83. The highest BCUT2D eigenvalue weighted by atomic mass is 16.5. The van der Waals surface area contributed by atoms with Crippen molar-refractivity contribution >= 4 is 23.3 Å².